The van der Waals surface area contributed by atoms with E-state index >= 15 is 0 Å². The van der Waals surface area contributed by atoms with E-state index in [1.54, 1.807) is 7.05 Å². The predicted octanol–water partition coefficient (Wildman–Crippen LogP) is 2.83. The van der Waals surface area contributed by atoms with Crippen molar-refractivity contribution in [3.8, 4) is 17.0 Å². The quantitative estimate of drug-likeness (QED) is 0.750. The maximum atomic E-state index is 12.3. The van der Waals surface area contributed by atoms with Crippen molar-refractivity contribution in [2.75, 3.05) is 24.3 Å². The van der Waals surface area contributed by atoms with E-state index in [0.29, 0.717) is 16.6 Å². The molecule has 0 saturated heterocycles. The number of rotatable bonds is 4. The Bertz CT molecular complexity index is 923. The lowest BCUT2D eigenvalue weighted by Gasteiger charge is -2.03. The van der Waals surface area contributed by atoms with Crippen molar-refractivity contribution in [3.63, 3.8) is 0 Å². The molecule has 0 fully saturated rings. The van der Waals surface area contributed by atoms with Crippen LogP contribution in [0.25, 0.3) is 11.3 Å². The Kier molecular flexibility index (Phi) is 4.02. The molecule has 1 amide bonds. The van der Waals surface area contributed by atoms with Crippen LogP contribution < -0.4 is 15.4 Å². The lowest BCUT2D eigenvalue weighted by molar-refractivity contribution is 0.102. The van der Waals surface area contributed by atoms with Crippen LogP contribution in [0.3, 0.4) is 0 Å². The van der Waals surface area contributed by atoms with Gasteiger partial charge in [-0.15, -0.1) is 11.3 Å². The largest absolute Gasteiger partial charge is 0.493 e. The van der Waals surface area contributed by atoms with Crippen LogP contribution in [0.2, 0.25) is 0 Å². The molecule has 1 aliphatic rings. The summed E-state index contributed by atoms with van der Waals surface area (Å²) < 4.78 is 5.52. The minimum Gasteiger partial charge on any atom is -0.493 e. The highest BCUT2D eigenvalue weighted by molar-refractivity contribution is 7.14. The fourth-order valence-electron chi connectivity index (χ4n) is 2.55. The van der Waals surface area contributed by atoms with Gasteiger partial charge in [-0.3, -0.25) is 10.1 Å². The van der Waals surface area contributed by atoms with E-state index < -0.39 is 0 Å². The van der Waals surface area contributed by atoms with E-state index in [4.69, 9.17) is 4.74 Å². The third kappa shape index (κ3) is 3.16. The van der Waals surface area contributed by atoms with Crippen LogP contribution in [-0.4, -0.2) is 34.5 Å². The lowest BCUT2D eigenvalue weighted by Crippen LogP contribution is -2.13. The fourth-order valence-corrected chi connectivity index (χ4v) is 3.27. The number of aromatic nitrogens is 3. The van der Waals surface area contributed by atoms with Crippen molar-refractivity contribution >= 4 is 28.3 Å². The molecule has 0 saturated carbocycles. The summed E-state index contributed by atoms with van der Waals surface area (Å²) >= 11 is 1.38. The summed E-state index contributed by atoms with van der Waals surface area (Å²) in [5.41, 5.74) is 3.42. The molecule has 3 aromatic rings. The minimum atomic E-state index is -0.286. The highest BCUT2D eigenvalue weighted by atomic mass is 32.1. The van der Waals surface area contributed by atoms with Crippen molar-refractivity contribution in [3.05, 3.63) is 47.1 Å². The van der Waals surface area contributed by atoms with Crippen molar-refractivity contribution in [2.45, 2.75) is 6.42 Å². The van der Waals surface area contributed by atoms with Crippen molar-refractivity contribution in [2.24, 2.45) is 0 Å². The monoisotopic (exact) mass is 353 g/mol. The maximum Gasteiger partial charge on any atom is 0.260 e. The van der Waals surface area contributed by atoms with Crippen LogP contribution in [0.5, 0.6) is 5.75 Å². The minimum absolute atomic E-state index is 0.286. The number of nitrogens with zero attached hydrogens (tertiary/aromatic N) is 3. The smallest absolute Gasteiger partial charge is 0.260 e. The van der Waals surface area contributed by atoms with Gasteiger partial charge in [-0.1, -0.05) is 0 Å². The molecule has 2 N–H and O–H groups in total. The molecule has 0 spiro atoms. The van der Waals surface area contributed by atoms with Crippen molar-refractivity contribution in [1.29, 1.82) is 0 Å². The summed E-state index contributed by atoms with van der Waals surface area (Å²) in [5, 5.41) is 8.05. The second kappa shape index (κ2) is 6.48. The number of thiazole rings is 1. The molecule has 0 radical (unpaired) electrons. The van der Waals surface area contributed by atoms with Crippen LogP contribution in [0, 0.1) is 0 Å². The number of carbonyl (C=O) groups is 1. The molecule has 126 valence electrons. The molecule has 0 aliphatic carbocycles. The average Bonchev–Trinajstić information content (AvgIpc) is 3.30. The van der Waals surface area contributed by atoms with E-state index in [0.717, 1.165) is 30.0 Å². The summed E-state index contributed by atoms with van der Waals surface area (Å²) in [6, 6.07) is 6.04. The van der Waals surface area contributed by atoms with E-state index in [1.807, 2.05) is 17.5 Å². The molecule has 1 aromatic carbocycles. The van der Waals surface area contributed by atoms with E-state index in [1.165, 1.54) is 29.3 Å². The Labute approximate surface area is 148 Å². The van der Waals surface area contributed by atoms with Gasteiger partial charge >= 0.3 is 0 Å². The average molecular weight is 353 g/mol. The first-order valence-electron chi connectivity index (χ1n) is 7.76. The molecule has 1 aliphatic heterocycles. The van der Waals surface area contributed by atoms with Gasteiger partial charge < -0.3 is 10.1 Å². The number of carbonyl (C=O) groups excluding carboxylic acids is 1. The lowest BCUT2D eigenvalue weighted by atomic mass is 10.1. The molecule has 0 atom stereocenters. The molecule has 7 nitrogen and oxygen atoms in total. The number of fused-ring (bicyclic) bond motifs is 1. The molecule has 8 heteroatoms. The van der Waals surface area contributed by atoms with Gasteiger partial charge in [0.05, 0.1) is 17.9 Å². The number of benzene rings is 1. The Morgan fingerprint density at radius 1 is 1.28 bits per heavy atom. The highest BCUT2D eigenvalue weighted by Crippen LogP contribution is 2.32. The molecule has 25 heavy (non-hydrogen) atoms. The Balaban J connectivity index is 1.50. The van der Waals surface area contributed by atoms with Gasteiger partial charge in [0.2, 0.25) is 5.95 Å². The molecule has 0 unspecified atom stereocenters. The normalized spacial score (nSPS) is 12.4. The van der Waals surface area contributed by atoms with Crippen LogP contribution in [0.4, 0.5) is 11.1 Å². The first-order chi connectivity index (χ1) is 12.2. The molecular weight excluding hydrogens is 338 g/mol. The first kappa shape index (κ1) is 15.5. The second-order valence-corrected chi connectivity index (χ2v) is 6.32. The molecule has 4 rings (SSSR count). The summed E-state index contributed by atoms with van der Waals surface area (Å²) in [4.78, 5) is 24.8. The van der Waals surface area contributed by atoms with Gasteiger partial charge in [0.1, 0.15) is 5.75 Å². The zero-order valence-electron chi connectivity index (χ0n) is 13.4. The van der Waals surface area contributed by atoms with Gasteiger partial charge in [0, 0.05) is 36.8 Å². The molecule has 3 heterocycles. The van der Waals surface area contributed by atoms with E-state index in [-0.39, 0.29) is 5.91 Å². The van der Waals surface area contributed by atoms with Gasteiger partial charge in [0.25, 0.3) is 5.91 Å². The SMILES string of the molecule is CNc1ncc(C(=O)Nc2nc(-c3ccc4c(c3)CCO4)cs2)cn1. The summed E-state index contributed by atoms with van der Waals surface area (Å²) in [7, 11) is 1.72. The molecule has 0 bridgehead atoms. The van der Waals surface area contributed by atoms with Gasteiger partial charge in [0.15, 0.2) is 5.13 Å². The van der Waals surface area contributed by atoms with Gasteiger partial charge in [-0.05, 0) is 23.8 Å². The molecule has 2 aromatic heterocycles. The maximum absolute atomic E-state index is 12.3. The Morgan fingerprint density at radius 2 is 2.12 bits per heavy atom. The highest BCUT2D eigenvalue weighted by Gasteiger charge is 2.15. The number of amides is 1. The van der Waals surface area contributed by atoms with Crippen LogP contribution in [0.1, 0.15) is 15.9 Å². The third-order valence-corrected chi connectivity index (χ3v) is 4.61. The summed E-state index contributed by atoms with van der Waals surface area (Å²) in [6.07, 6.45) is 3.87. The second-order valence-electron chi connectivity index (χ2n) is 5.46. The number of ether oxygens (including phenoxy) is 1. The fraction of sp³-hybridized carbons (Fsp3) is 0.176. The van der Waals surface area contributed by atoms with Crippen LogP contribution >= 0.6 is 11.3 Å². The van der Waals surface area contributed by atoms with E-state index in [2.05, 4.69) is 31.7 Å². The van der Waals surface area contributed by atoms with Gasteiger partial charge in [-0.25, -0.2) is 15.0 Å². The standard InChI is InChI=1S/C17H15N5O2S/c1-18-16-19-7-12(8-20-16)15(23)22-17-21-13(9-25-17)10-2-3-14-11(6-10)4-5-24-14/h2-3,6-9H,4-5H2,1H3,(H,18,19,20)(H,21,22,23). The summed E-state index contributed by atoms with van der Waals surface area (Å²) in [6.45, 7) is 0.728. The number of nitrogens with one attached hydrogen (secondary N) is 2. The predicted molar refractivity (Wildman–Crippen MR) is 96.3 cm³/mol. The Morgan fingerprint density at radius 3 is 2.92 bits per heavy atom. The number of hydrogen-bond acceptors (Lipinski definition) is 7. The van der Waals surface area contributed by atoms with Crippen molar-refractivity contribution < 1.29 is 9.53 Å². The topological polar surface area (TPSA) is 89.0 Å². The zero-order chi connectivity index (χ0) is 17.2. The van der Waals surface area contributed by atoms with Crippen LogP contribution in [0.15, 0.2) is 36.0 Å². The van der Waals surface area contributed by atoms with Crippen LogP contribution in [-0.2, 0) is 6.42 Å². The number of hydrogen-bond donors (Lipinski definition) is 2. The third-order valence-electron chi connectivity index (χ3n) is 3.85. The Hall–Kier alpha value is -3.00. The first-order valence-corrected chi connectivity index (χ1v) is 8.63. The van der Waals surface area contributed by atoms with Crippen molar-refractivity contribution in [1.82, 2.24) is 15.0 Å². The molecular formula is C17H15N5O2S. The van der Waals surface area contributed by atoms with Gasteiger partial charge in [-0.2, -0.15) is 0 Å². The zero-order valence-corrected chi connectivity index (χ0v) is 14.3. The summed E-state index contributed by atoms with van der Waals surface area (Å²) in [5.74, 6) is 1.12. The van der Waals surface area contributed by atoms with E-state index in [9.17, 15) is 4.79 Å². The number of anilines is 2.